The number of rotatable bonds is 0. The number of aromatic nitrogens is 2. The Kier molecular flexibility index (Phi) is 3.25. The fourth-order valence-electron chi connectivity index (χ4n) is 0.919. The lowest BCUT2D eigenvalue weighted by molar-refractivity contribution is -0.126. The summed E-state index contributed by atoms with van der Waals surface area (Å²) in [7, 11) is 1.84. The van der Waals surface area contributed by atoms with E-state index in [1.54, 1.807) is 4.90 Å². The summed E-state index contributed by atoms with van der Waals surface area (Å²) in [5.41, 5.74) is 0. The average molecular weight is 169 g/mol. The summed E-state index contributed by atoms with van der Waals surface area (Å²) in [4.78, 5) is 12.3. The number of carbonyl (C=O) groups is 1. The van der Waals surface area contributed by atoms with Gasteiger partial charge in [-0.05, 0) is 6.42 Å². The zero-order valence-corrected chi connectivity index (χ0v) is 6.93. The summed E-state index contributed by atoms with van der Waals surface area (Å²) in [5, 5.41) is 6.40. The Morgan fingerprint density at radius 3 is 2.67 bits per heavy atom. The Morgan fingerprint density at radius 1 is 1.67 bits per heavy atom. The fourth-order valence-corrected chi connectivity index (χ4v) is 0.919. The summed E-state index contributed by atoms with van der Waals surface area (Å²) in [6.45, 7) is 0.957. The van der Waals surface area contributed by atoms with Crippen LogP contribution in [0, 0.1) is 0 Å². The maximum atomic E-state index is 10.5. The number of likely N-dealkylation sites (tertiary alicyclic amines) is 1. The van der Waals surface area contributed by atoms with E-state index in [9.17, 15) is 4.79 Å². The molecule has 0 atom stereocenters. The number of nitrogens with zero attached hydrogens (tertiary/aromatic N) is 3. The first-order chi connectivity index (χ1) is 5.80. The molecule has 0 aliphatic carbocycles. The highest BCUT2D eigenvalue weighted by molar-refractivity contribution is 5.77. The second-order valence-electron chi connectivity index (χ2n) is 2.51. The molecule has 66 valence electrons. The van der Waals surface area contributed by atoms with Crippen molar-refractivity contribution >= 4 is 5.91 Å². The molecule has 0 aromatic carbocycles. The van der Waals surface area contributed by atoms with Crippen molar-refractivity contribution in [2.45, 2.75) is 12.8 Å². The molecule has 0 saturated carbocycles. The zero-order chi connectivity index (χ0) is 8.81. The summed E-state index contributed by atoms with van der Waals surface area (Å²) in [5.74, 6) is 0.292. The maximum Gasteiger partial charge on any atom is 0.222 e. The van der Waals surface area contributed by atoms with Crippen LogP contribution in [0.1, 0.15) is 12.8 Å². The van der Waals surface area contributed by atoms with E-state index in [4.69, 9.17) is 0 Å². The van der Waals surface area contributed by atoms with E-state index < -0.39 is 0 Å². The van der Waals surface area contributed by atoms with Crippen molar-refractivity contribution in [2.24, 2.45) is 0 Å². The van der Waals surface area contributed by atoms with E-state index in [2.05, 4.69) is 14.9 Å². The minimum Gasteiger partial charge on any atom is -0.346 e. The minimum atomic E-state index is 0.292. The first-order valence-electron chi connectivity index (χ1n) is 3.75. The largest absolute Gasteiger partial charge is 0.346 e. The van der Waals surface area contributed by atoms with Crippen molar-refractivity contribution in [3.05, 3.63) is 12.5 Å². The van der Waals surface area contributed by atoms with Gasteiger partial charge in [0.2, 0.25) is 5.91 Å². The summed E-state index contributed by atoms with van der Waals surface area (Å²) < 4.78 is 4.22. The number of carbonyl (C=O) groups excluding carboxylic acids is 1. The van der Waals surface area contributed by atoms with Crippen molar-refractivity contribution < 1.29 is 9.32 Å². The van der Waals surface area contributed by atoms with Crippen molar-refractivity contribution in [2.75, 3.05) is 13.6 Å². The van der Waals surface area contributed by atoms with E-state index >= 15 is 0 Å². The maximum absolute atomic E-state index is 10.5. The predicted molar refractivity (Wildman–Crippen MR) is 41.2 cm³/mol. The lowest BCUT2D eigenvalue weighted by Crippen LogP contribution is -2.17. The Hall–Kier alpha value is -1.39. The highest BCUT2D eigenvalue weighted by Crippen LogP contribution is 2.04. The second-order valence-corrected chi connectivity index (χ2v) is 2.51. The molecule has 1 aromatic heterocycles. The minimum absolute atomic E-state index is 0.292. The van der Waals surface area contributed by atoms with E-state index in [0.29, 0.717) is 5.91 Å². The monoisotopic (exact) mass is 169 g/mol. The smallest absolute Gasteiger partial charge is 0.222 e. The van der Waals surface area contributed by atoms with E-state index in [0.717, 1.165) is 19.4 Å². The van der Waals surface area contributed by atoms with Crippen molar-refractivity contribution in [1.29, 1.82) is 0 Å². The lowest BCUT2D eigenvalue weighted by atomic mass is 10.4. The van der Waals surface area contributed by atoms with Crippen molar-refractivity contribution in [3.63, 3.8) is 0 Å². The van der Waals surface area contributed by atoms with Gasteiger partial charge in [-0.3, -0.25) is 4.79 Å². The molecule has 12 heavy (non-hydrogen) atoms. The van der Waals surface area contributed by atoms with E-state index in [-0.39, 0.29) is 0 Å². The van der Waals surface area contributed by atoms with Crippen LogP contribution < -0.4 is 0 Å². The van der Waals surface area contributed by atoms with Crippen molar-refractivity contribution in [1.82, 2.24) is 15.3 Å². The van der Waals surface area contributed by atoms with Gasteiger partial charge < -0.3 is 9.42 Å². The molecule has 1 aliphatic rings. The molecule has 1 fully saturated rings. The Morgan fingerprint density at radius 2 is 2.50 bits per heavy atom. The summed E-state index contributed by atoms with van der Waals surface area (Å²) in [6, 6.07) is 0. The highest BCUT2D eigenvalue weighted by atomic mass is 16.5. The molecule has 0 radical (unpaired) electrons. The molecule has 1 saturated heterocycles. The van der Waals surface area contributed by atoms with Crippen LogP contribution in [0.4, 0.5) is 0 Å². The van der Waals surface area contributed by atoms with Gasteiger partial charge in [0.1, 0.15) is 6.26 Å². The van der Waals surface area contributed by atoms with Crippen LogP contribution in [0.3, 0.4) is 0 Å². The average Bonchev–Trinajstić information content (AvgIpc) is 2.67. The Labute approximate surface area is 70.3 Å². The highest BCUT2D eigenvalue weighted by Gasteiger charge is 2.14. The molecular formula is C7H11N3O2. The molecule has 1 aliphatic heterocycles. The Balaban J connectivity index is 0.000000127. The number of hydrogen-bond donors (Lipinski definition) is 0. The molecular weight excluding hydrogens is 158 g/mol. The fraction of sp³-hybridized carbons (Fsp3) is 0.571. The molecule has 0 bridgehead atoms. The van der Waals surface area contributed by atoms with Crippen LogP contribution in [0.2, 0.25) is 0 Å². The van der Waals surface area contributed by atoms with Gasteiger partial charge in [-0.1, -0.05) is 0 Å². The van der Waals surface area contributed by atoms with Gasteiger partial charge in [0.05, 0.1) is 6.20 Å². The van der Waals surface area contributed by atoms with Crippen molar-refractivity contribution in [3.8, 4) is 0 Å². The lowest BCUT2D eigenvalue weighted by Gasteiger charge is -2.03. The van der Waals surface area contributed by atoms with E-state index in [1.165, 1.54) is 12.5 Å². The topological polar surface area (TPSA) is 59.2 Å². The third-order valence-corrected chi connectivity index (χ3v) is 1.59. The van der Waals surface area contributed by atoms with Gasteiger partial charge in [-0.25, -0.2) is 0 Å². The normalized spacial score (nSPS) is 15.8. The molecule has 2 rings (SSSR count). The van der Waals surface area contributed by atoms with E-state index in [1.807, 2.05) is 7.05 Å². The van der Waals surface area contributed by atoms with Crippen LogP contribution in [-0.4, -0.2) is 34.8 Å². The van der Waals surface area contributed by atoms with Gasteiger partial charge in [-0.15, -0.1) is 5.10 Å². The molecule has 1 amide bonds. The zero-order valence-electron chi connectivity index (χ0n) is 6.93. The molecule has 0 N–H and O–H groups in total. The third kappa shape index (κ3) is 2.69. The van der Waals surface area contributed by atoms with Gasteiger partial charge in [0.15, 0.2) is 0 Å². The van der Waals surface area contributed by atoms with Crippen LogP contribution >= 0.6 is 0 Å². The quantitative estimate of drug-likeness (QED) is 0.560. The van der Waals surface area contributed by atoms with Crippen LogP contribution in [0.15, 0.2) is 17.0 Å². The Bertz CT molecular complexity index is 205. The molecule has 0 spiro atoms. The first-order valence-corrected chi connectivity index (χ1v) is 3.75. The van der Waals surface area contributed by atoms with Crippen LogP contribution in [0.25, 0.3) is 0 Å². The SMILES string of the molecule is CN1CCCC1=O.c1conn1. The van der Waals surface area contributed by atoms with Crippen LogP contribution in [0.5, 0.6) is 0 Å². The standard InChI is InChI=1S/C5H9NO.C2H2N2O/c1-6-4-2-3-5(6)7;1-2-5-4-3-1/h2-4H2,1H3;1-2H. The van der Waals surface area contributed by atoms with Gasteiger partial charge in [-0.2, -0.15) is 0 Å². The molecule has 5 nitrogen and oxygen atoms in total. The van der Waals surface area contributed by atoms with Gasteiger partial charge in [0.25, 0.3) is 0 Å². The van der Waals surface area contributed by atoms with Gasteiger partial charge >= 0.3 is 0 Å². The van der Waals surface area contributed by atoms with Gasteiger partial charge in [0, 0.05) is 25.3 Å². The summed E-state index contributed by atoms with van der Waals surface area (Å²) in [6.07, 6.45) is 4.69. The second kappa shape index (κ2) is 4.48. The first kappa shape index (κ1) is 8.70. The molecule has 1 aromatic rings. The molecule has 2 heterocycles. The summed E-state index contributed by atoms with van der Waals surface area (Å²) >= 11 is 0. The number of hydrogen-bond acceptors (Lipinski definition) is 4. The van der Waals surface area contributed by atoms with Crippen LogP contribution in [-0.2, 0) is 4.79 Å². The number of amides is 1. The predicted octanol–water partition coefficient (Wildman–Crippen LogP) is 0.308. The molecule has 5 heteroatoms. The molecule has 0 unspecified atom stereocenters. The third-order valence-electron chi connectivity index (χ3n) is 1.59.